The van der Waals surface area contributed by atoms with E-state index in [0.717, 1.165) is 12.8 Å². The lowest BCUT2D eigenvalue weighted by Gasteiger charge is -1.95. The lowest BCUT2D eigenvalue weighted by atomic mass is 10.1. The average Bonchev–Trinajstić information content (AvgIpc) is 1.87. The number of nitrogens with two attached hydrogens (primary N) is 1. The van der Waals surface area contributed by atoms with Crippen molar-refractivity contribution in [2.45, 2.75) is 45.4 Å². The quantitative estimate of drug-likeness (QED) is 0.566. The van der Waals surface area contributed by atoms with Gasteiger partial charge in [0.25, 0.3) is 0 Å². The number of primary amides is 1. The highest BCUT2D eigenvalue weighted by Gasteiger charge is 1.92. The van der Waals surface area contributed by atoms with Crippen molar-refractivity contribution in [2.75, 3.05) is 0 Å². The van der Waals surface area contributed by atoms with Crippen molar-refractivity contribution < 1.29 is 4.79 Å². The van der Waals surface area contributed by atoms with Crippen LogP contribution >= 0.6 is 0 Å². The van der Waals surface area contributed by atoms with Gasteiger partial charge in [-0.15, -0.1) is 0 Å². The van der Waals surface area contributed by atoms with Gasteiger partial charge in [0.2, 0.25) is 5.91 Å². The number of rotatable bonds is 6. The van der Waals surface area contributed by atoms with Crippen LogP contribution < -0.4 is 5.73 Å². The van der Waals surface area contributed by atoms with Crippen LogP contribution in [0.2, 0.25) is 0 Å². The lowest BCUT2D eigenvalue weighted by molar-refractivity contribution is -0.118. The van der Waals surface area contributed by atoms with Crippen LogP contribution in [0.4, 0.5) is 0 Å². The number of hydrogen-bond acceptors (Lipinski definition) is 1. The average molecular weight is 143 g/mol. The highest BCUT2D eigenvalue weighted by Crippen LogP contribution is 2.03. The van der Waals surface area contributed by atoms with E-state index in [1.54, 1.807) is 0 Å². The second kappa shape index (κ2) is 6.59. The van der Waals surface area contributed by atoms with Gasteiger partial charge in [-0.3, -0.25) is 4.79 Å². The summed E-state index contributed by atoms with van der Waals surface area (Å²) in [6.45, 7) is 2.17. The van der Waals surface area contributed by atoms with E-state index in [4.69, 9.17) is 5.73 Å². The Balaban J connectivity index is 2.84. The van der Waals surface area contributed by atoms with E-state index in [-0.39, 0.29) is 5.91 Å². The smallest absolute Gasteiger partial charge is 0.217 e. The minimum absolute atomic E-state index is 0.170. The molecule has 2 N–H and O–H groups in total. The fourth-order valence-electron chi connectivity index (χ4n) is 0.903. The Morgan fingerprint density at radius 2 is 1.80 bits per heavy atom. The van der Waals surface area contributed by atoms with E-state index in [9.17, 15) is 4.79 Å². The van der Waals surface area contributed by atoms with Crippen molar-refractivity contribution in [1.29, 1.82) is 0 Å². The molecule has 0 aliphatic heterocycles. The summed E-state index contributed by atoms with van der Waals surface area (Å²) in [7, 11) is 0. The molecule has 2 heteroatoms. The van der Waals surface area contributed by atoms with Crippen molar-refractivity contribution in [3.8, 4) is 0 Å². The molecular formula is C8H17NO. The van der Waals surface area contributed by atoms with Crippen molar-refractivity contribution >= 4 is 5.91 Å². The van der Waals surface area contributed by atoms with Gasteiger partial charge in [-0.2, -0.15) is 0 Å². The second-order valence-corrected chi connectivity index (χ2v) is 2.63. The van der Waals surface area contributed by atoms with Gasteiger partial charge in [0.1, 0.15) is 0 Å². The zero-order valence-electron chi connectivity index (χ0n) is 6.73. The molecule has 0 aliphatic rings. The Labute approximate surface area is 62.8 Å². The van der Waals surface area contributed by atoms with Crippen LogP contribution in [0.3, 0.4) is 0 Å². The Bertz CT molecular complexity index is 91.3. The molecule has 0 spiro atoms. The monoisotopic (exact) mass is 143 g/mol. The van der Waals surface area contributed by atoms with Gasteiger partial charge in [-0.25, -0.2) is 0 Å². The van der Waals surface area contributed by atoms with Gasteiger partial charge in [0.05, 0.1) is 0 Å². The molecule has 0 bridgehead atoms. The van der Waals surface area contributed by atoms with Gasteiger partial charge in [0, 0.05) is 6.42 Å². The van der Waals surface area contributed by atoms with E-state index in [0.29, 0.717) is 6.42 Å². The minimum Gasteiger partial charge on any atom is -0.370 e. The zero-order chi connectivity index (χ0) is 7.82. The van der Waals surface area contributed by atoms with Gasteiger partial charge >= 0.3 is 0 Å². The van der Waals surface area contributed by atoms with E-state index in [1.807, 2.05) is 0 Å². The minimum atomic E-state index is -0.170. The fourth-order valence-corrected chi connectivity index (χ4v) is 0.903. The highest BCUT2D eigenvalue weighted by atomic mass is 16.1. The summed E-state index contributed by atoms with van der Waals surface area (Å²) in [5, 5.41) is 0. The molecule has 0 heterocycles. The van der Waals surface area contributed by atoms with Crippen molar-refractivity contribution in [1.82, 2.24) is 0 Å². The molecule has 0 saturated heterocycles. The van der Waals surface area contributed by atoms with Gasteiger partial charge in [-0.1, -0.05) is 32.6 Å². The first-order valence-corrected chi connectivity index (χ1v) is 4.05. The van der Waals surface area contributed by atoms with E-state index >= 15 is 0 Å². The maximum atomic E-state index is 10.3. The number of carbonyl (C=O) groups excluding carboxylic acids is 1. The second-order valence-electron chi connectivity index (χ2n) is 2.63. The molecular weight excluding hydrogens is 126 g/mol. The van der Waals surface area contributed by atoms with Crippen molar-refractivity contribution in [3.05, 3.63) is 0 Å². The molecule has 0 atom stereocenters. The number of carbonyl (C=O) groups is 1. The Morgan fingerprint density at radius 3 is 2.30 bits per heavy atom. The first kappa shape index (κ1) is 9.47. The third-order valence-electron chi connectivity index (χ3n) is 1.53. The first-order valence-electron chi connectivity index (χ1n) is 4.05. The molecule has 10 heavy (non-hydrogen) atoms. The maximum Gasteiger partial charge on any atom is 0.217 e. The number of unbranched alkanes of at least 4 members (excludes halogenated alkanes) is 4. The molecule has 0 unspecified atom stereocenters. The summed E-state index contributed by atoms with van der Waals surface area (Å²) in [6.07, 6.45) is 6.44. The topological polar surface area (TPSA) is 43.1 Å². The molecule has 1 amide bonds. The molecule has 0 aliphatic carbocycles. The predicted molar refractivity (Wildman–Crippen MR) is 42.6 cm³/mol. The van der Waals surface area contributed by atoms with Crippen LogP contribution in [0.1, 0.15) is 45.4 Å². The fraction of sp³-hybridized carbons (Fsp3) is 0.875. The van der Waals surface area contributed by atoms with Gasteiger partial charge in [-0.05, 0) is 6.42 Å². The van der Waals surface area contributed by atoms with E-state index in [2.05, 4.69) is 6.92 Å². The van der Waals surface area contributed by atoms with Crippen LogP contribution in [0, 0.1) is 0 Å². The zero-order valence-corrected chi connectivity index (χ0v) is 6.73. The standard InChI is InChI=1S/C8H17NO/c1-2-3-4-5-6-7-8(9)10/h2-7H2,1H3,(H2,9,10). The van der Waals surface area contributed by atoms with Crippen molar-refractivity contribution in [3.63, 3.8) is 0 Å². The Kier molecular flexibility index (Phi) is 6.24. The number of amides is 1. The Hall–Kier alpha value is -0.530. The summed E-state index contributed by atoms with van der Waals surface area (Å²) >= 11 is 0. The largest absolute Gasteiger partial charge is 0.370 e. The third kappa shape index (κ3) is 7.47. The Morgan fingerprint density at radius 1 is 1.20 bits per heavy atom. The van der Waals surface area contributed by atoms with Crippen LogP contribution in [-0.2, 0) is 4.79 Å². The third-order valence-corrected chi connectivity index (χ3v) is 1.53. The van der Waals surface area contributed by atoms with E-state index in [1.165, 1.54) is 19.3 Å². The van der Waals surface area contributed by atoms with Crippen LogP contribution in [0.25, 0.3) is 0 Å². The summed E-state index contributed by atoms with van der Waals surface area (Å²) in [4.78, 5) is 10.3. The van der Waals surface area contributed by atoms with Gasteiger partial charge < -0.3 is 5.73 Å². The summed E-state index contributed by atoms with van der Waals surface area (Å²) in [6, 6.07) is 0. The molecule has 0 rings (SSSR count). The molecule has 60 valence electrons. The molecule has 2 nitrogen and oxygen atoms in total. The molecule has 0 radical (unpaired) electrons. The van der Waals surface area contributed by atoms with Crippen LogP contribution in [0.5, 0.6) is 0 Å². The molecule has 0 aromatic heterocycles. The molecule has 0 saturated carbocycles. The normalized spacial score (nSPS) is 9.70. The van der Waals surface area contributed by atoms with Crippen LogP contribution in [0.15, 0.2) is 0 Å². The maximum absolute atomic E-state index is 10.3. The lowest BCUT2D eigenvalue weighted by Crippen LogP contribution is -2.09. The molecule has 0 aromatic rings. The summed E-state index contributed by atoms with van der Waals surface area (Å²) < 4.78 is 0. The van der Waals surface area contributed by atoms with E-state index < -0.39 is 0 Å². The highest BCUT2D eigenvalue weighted by molar-refractivity contribution is 5.73. The van der Waals surface area contributed by atoms with Gasteiger partial charge in [0.15, 0.2) is 0 Å². The number of hydrogen-bond donors (Lipinski definition) is 1. The SMILES string of the molecule is CCCCCCCC(N)=O. The van der Waals surface area contributed by atoms with Crippen LogP contribution in [-0.4, -0.2) is 5.91 Å². The first-order chi connectivity index (χ1) is 4.77. The summed E-state index contributed by atoms with van der Waals surface area (Å²) in [5.41, 5.74) is 4.97. The summed E-state index contributed by atoms with van der Waals surface area (Å²) in [5.74, 6) is -0.170. The predicted octanol–water partition coefficient (Wildman–Crippen LogP) is 1.83. The molecule has 0 aromatic carbocycles. The molecule has 0 fully saturated rings. The van der Waals surface area contributed by atoms with Crippen molar-refractivity contribution in [2.24, 2.45) is 5.73 Å².